The van der Waals surface area contributed by atoms with Crippen LogP contribution in [0.2, 0.25) is 0 Å². The highest BCUT2D eigenvalue weighted by atomic mass is 16.5. The highest BCUT2D eigenvalue weighted by Gasteiger charge is 2.33. The molecule has 1 aromatic carbocycles. The van der Waals surface area contributed by atoms with E-state index in [4.69, 9.17) is 4.74 Å². The molecule has 3 aliphatic rings. The van der Waals surface area contributed by atoms with Crippen molar-refractivity contribution in [3.8, 4) is 5.75 Å². The molecule has 3 fully saturated rings. The van der Waals surface area contributed by atoms with E-state index in [2.05, 4.69) is 4.90 Å². The lowest BCUT2D eigenvalue weighted by Crippen LogP contribution is -2.54. The normalized spacial score (nSPS) is 23.5. The zero-order chi connectivity index (χ0) is 20.8. The molecule has 1 aliphatic carbocycles. The standard InChI is InChI=1S/C24H35N3O3/c28-23(12-18-30-22-10-2-1-3-11-22)27-13-6-7-20(19-27)24(29)26-16-14-25(15-17-26)21-8-4-5-9-21/h1-3,10-11,20-21H,4-9,12-19H2. The van der Waals surface area contributed by atoms with Crippen LogP contribution in [-0.4, -0.2) is 78.4 Å². The molecule has 1 aromatic rings. The lowest BCUT2D eigenvalue weighted by atomic mass is 9.96. The number of amides is 2. The summed E-state index contributed by atoms with van der Waals surface area (Å²) in [5.74, 6) is 1.08. The molecule has 1 unspecified atom stereocenters. The van der Waals surface area contributed by atoms with E-state index < -0.39 is 0 Å². The molecule has 30 heavy (non-hydrogen) atoms. The largest absolute Gasteiger partial charge is 0.493 e. The first-order valence-electron chi connectivity index (χ1n) is 11.7. The van der Waals surface area contributed by atoms with Gasteiger partial charge in [0.25, 0.3) is 0 Å². The van der Waals surface area contributed by atoms with Gasteiger partial charge >= 0.3 is 0 Å². The Morgan fingerprint density at radius 2 is 1.60 bits per heavy atom. The van der Waals surface area contributed by atoms with Gasteiger partial charge in [0.2, 0.25) is 11.8 Å². The summed E-state index contributed by atoms with van der Waals surface area (Å²) >= 11 is 0. The first-order chi connectivity index (χ1) is 14.7. The smallest absolute Gasteiger partial charge is 0.227 e. The Labute approximate surface area is 180 Å². The van der Waals surface area contributed by atoms with Crippen LogP contribution in [0.4, 0.5) is 0 Å². The van der Waals surface area contributed by atoms with Crippen LogP contribution in [0.1, 0.15) is 44.9 Å². The summed E-state index contributed by atoms with van der Waals surface area (Å²) in [6.45, 7) is 5.37. The summed E-state index contributed by atoms with van der Waals surface area (Å²) in [5, 5.41) is 0. The Morgan fingerprint density at radius 3 is 2.33 bits per heavy atom. The predicted molar refractivity (Wildman–Crippen MR) is 116 cm³/mol. The number of benzene rings is 1. The van der Waals surface area contributed by atoms with E-state index in [1.165, 1.54) is 25.7 Å². The minimum atomic E-state index is -0.0456. The fourth-order valence-electron chi connectivity index (χ4n) is 5.17. The lowest BCUT2D eigenvalue weighted by molar-refractivity contribution is -0.142. The molecule has 164 valence electrons. The van der Waals surface area contributed by atoms with Crippen molar-refractivity contribution >= 4 is 11.8 Å². The van der Waals surface area contributed by atoms with Crippen LogP contribution < -0.4 is 4.74 Å². The molecule has 0 bridgehead atoms. The number of carbonyl (C=O) groups excluding carboxylic acids is 2. The monoisotopic (exact) mass is 413 g/mol. The summed E-state index contributed by atoms with van der Waals surface area (Å²) in [5.41, 5.74) is 0. The van der Waals surface area contributed by atoms with Crippen molar-refractivity contribution in [3.63, 3.8) is 0 Å². The second-order valence-electron chi connectivity index (χ2n) is 8.89. The molecule has 2 aliphatic heterocycles. The molecule has 0 spiro atoms. The average molecular weight is 414 g/mol. The minimum absolute atomic E-state index is 0.0456. The predicted octanol–water partition coefficient (Wildman–Crippen LogP) is 2.78. The van der Waals surface area contributed by atoms with Gasteiger partial charge in [-0.25, -0.2) is 0 Å². The van der Waals surface area contributed by atoms with Gasteiger partial charge in [-0.05, 0) is 37.8 Å². The second-order valence-corrected chi connectivity index (χ2v) is 8.89. The van der Waals surface area contributed by atoms with Gasteiger partial charge in [-0.15, -0.1) is 0 Å². The molecule has 4 rings (SSSR count). The quantitative estimate of drug-likeness (QED) is 0.720. The van der Waals surface area contributed by atoms with E-state index in [1.54, 1.807) is 0 Å². The van der Waals surface area contributed by atoms with Crippen molar-refractivity contribution in [2.24, 2.45) is 5.92 Å². The van der Waals surface area contributed by atoms with Crippen LogP contribution in [0, 0.1) is 5.92 Å². The van der Waals surface area contributed by atoms with Crippen molar-refractivity contribution in [2.45, 2.75) is 51.0 Å². The topological polar surface area (TPSA) is 53.1 Å². The van der Waals surface area contributed by atoms with Gasteiger partial charge in [0.05, 0.1) is 18.9 Å². The molecule has 2 amide bonds. The Morgan fingerprint density at radius 1 is 0.867 bits per heavy atom. The Bertz CT molecular complexity index is 697. The molecular formula is C24H35N3O3. The molecule has 1 atom stereocenters. The zero-order valence-corrected chi connectivity index (χ0v) is 18.0. The number of piperazine rings is 1. The third-order valence-corrected chi connectivity index (χ3v) is 6.92. The van der Waals surface area contributed by atoms with Gasteiger partial charge in [0, 0.05) is 45.3 Å². The highest BCUT2D eigenvalue weighted by Crippen LogP contribution is 2.25. The van der Waals surface area contributed by atoms with E-state index in [0.717, 1.165) is 57.4 Å². The lowest BCUT2D eigenvalue weighted by Gasteiger charge is -2.40. The minimum Gasteiger partial charge on any atom is -0.493 e. The Balaban J connectivity index is 1.21. The summed E-state index contributed by atoms with van der Waals surface area (Å²) < 4.78 is 5.66. The van der Waals surface area contributed by atoms with Gasteiger partial charge in [0.1, 0.15) is 5.75 Å². The molecular weight excluding hydrogens is 378 g/mol. The number of hydrogen-bond acceptors (Lipinski definition) is 4. The number of hydrogen-bond donors (Lipinski definition) is 0. The van der Waals surface area contributed by atoms with Crippen molar-refractivity contribution < 1.29 is 14.3 Å². The molecule has 0 N–H and O–H groups in total. The summed E-state index contributed by atoms with van der Waals surface area (Å²) in [4.78, 5) is 32.2. The molecule has 6 nitrogen and oxygen atoms in total. The van der Waals surface area contributed by atoms with Gasteiger partial charge in [-0.3, -0.25) is 14.5 Å². The fourth-order valence-corrected chi connectivity index (χ4v) is 5.17. The molecule has 1 saturated carbocycles. The van der Waals surface area contributed by atoms with Crippen molar-refractivity contribution in [1.29, 1.82) is 0 Å². The number of rotatable bonds is 6. The third kappa shape index (κ3) is 5.34. The summed E-state index contributed by atoms with van der Waals surface area (Å²) in [6.07, 6.45) is 7.51. The van der Waals surface area contributed by atoms with Crippen LogP contribution in [0.15, 0.2) is 30.3 Å². The number of likely N-dealkylation sites (tertiary alicyclic amines) is 1. The van der Waals surface area contributed by atoms with Crippen LogP contribution in [0.3, 0.4) is 0 Å². The summed E-state index contributed by atoms with van der Waals surface area (Å²) in [7, 11) is 0. The van der Waals surface area contributed by atoms with Crippen molar-refractivity contribution in [3.05, 3.63) is 30.3 Å². The first kappa shape index (κ1) is 21.2. The van der Waals surface area contributed by atoms with E-state index in [0.29, 0.717) is 19.6 Å². The zero-order valence-electron chi connectivity index (χ0n) is 18.0. The van der Waals surface area contributed by atoms with Gasteiger partial charge in [0.15, 0.2) is 0 Å². The maximum atomic E-state index is 13.1. The molecule has 0 radical (unpaired) electrons. The maximum Gasteiger partial charge on any atom is 0.227 e. The Hall–Kier alpha value is -2.08. The number of nitrogens with zero attached hydrogens (tertiary/aromatic N) is 3. The molecule has 0 aromatic heterocycles. The first-order valence-corrected chi connectivity index (χ1v) is 11.7. The van der Waals surface area contributed by atoms with Crippen LogP contribution in [0.25, 0.3) is 0 Å². The van der Waals surface area contributed by atoms with Crippen molar-refractivity contribution in [1.82, 2.24) is 14.7 Å². The van der Waals surface area contributed by atoms with Crippen LogP contribution >= 0.6 is 0 Å². The van der Waals surface area contributed by atoms with Crippen LogP contribution in [0.5, 0.6) is 5.75 Å². The van der Waals surface area contributed by atoms with Gasteiger partial charge < -0.3 is 14.5 Å². The van der Waals surface area contributed by atoms with Gasteiger partial charge in [-0.2, -0.15) is 0 Å². The van der Waals surface area contributed by atoms with E-state index in [-0.39, 0.29) is 17.7 Å². The maximum absolute atomic E-state index is 13.1. The second kappa shape index (κ2) is 10.3. The molecule has 2 saturated heterocycles. The average Bonchev–Trinajstić information content (AvgIpc) is 3.34. The fraction of sp³-hybridized carbons (Fsp3) is 0.667. The highest BCUT2D eigenvalue weighted by molar-refractivity contribution is 5.81. The van der Waals surface area contributed by atoms with Crippen LogP contribution in [-0.2, 0) is 9.59 Å². The third-order valence-electron chi connectivity index (χ3n) is 6.92. The van der Waals surface area contributed by atoms with Gasteiger partial charge in [-0.1, -0.05) is 31.0 Å². The van der Waals surface area contributed by atoms with Crippen molar-refractivity contribution in [2.75, 3.05) is 45.9 Å². The Kier molecular flexibility index (Phi) is 7.26. The number of piperidine rings is 1. The molecule has 2 heterocycles. The number of carbonyl (C=O) groups is 2. The number of ether oxygens (including phenoxy) is 1. The molecule has 6 heteroatoms. The van der Waals surface area contributed by atoms with E-state index >= 15 is 0 Å². The summed E-state index contributed by atoms with van der Waals surface area (Å²) in [6, 6.07) is 10.3. The SMILES string of the molecule is O=C(CCOc1ccccc1)N1CCCC(C(=O)N2CCN(C3CCCC3)CC2)C1. The van der Waals surface area contributed by atoms with E-state index in [9.17, 15) is 9.59 Å². The number of para-hydroxylation sites is 1. The van der Waals surface area contributed by atoms with E-state index in [1.807, 2.05) is 40.1 Å².